The normalized spacial score (nSPS) is 11.7. The van der Waals surface area contributed by atoms with Gasteiger partial charge in [0.1, 0.15) is 5.01 Å². The molecule has 202 valence electrons. The van der Waals surface area contributed by atoms with E-state index in [4.69, 9.17) is 0 Å². The Labute approximate surface area is 230 Å². The van der Waals surface area contributed by atoms with Crippen LogP contribution < -0.4 is 15.4 Å². The van der Waals surface area contributed by atoms with Gasteiger partial charge in [-0.1, -0.05) is 36.4 Å². The maximum Gasteiger partial charge on any atom is 0.319 e. The Kier molecular flexibility index (Phi) is 8.09. The third kappa shape index (κ3) is 7.25. The Morgan fingerprint density at radius 1 is 1.03 bits per heavy atom. The fourth-order valence-corrected chi connectivity index (χ4v) is 6.39. The van der Waals surface area contributed by atoms with Gasteiger partial charge in [-0.2, -0.15) is 0 Å². The number of nitro benzene ring substituents is 1. The summed E-state index contributed by atoms with van der Waals surface area (Å²) in [4.78, 5) is 28.0. The molecule has 0 saturated carbocycles. The van der Waals surface area contributed by atoms with Crippen molar-refractivity contribution in [3.63, 3.8) is 0 Å². The Balaban J connectivity index is 1.64. The zero-order valence-electron chi connectivity index (χ0n) is 21.5. The van der Waals surface area contributed by atoms with Crippen LogP contribution in [0.4, 0.5) is 16.2 Å². The standard InChI is InChI=1S/C27H27N5O5S2/c1-27(2,3)31-39(36,37)24-15-20(30-26(33)29-16-18-7-5-4-6-8-18)11-14-22(24)23-17-28-25(38-23)19-9-12-21(13-10-19)32(34)35/h4-15,17,31H,16H2,1-3H3,(H2,29,30,33). The van der Waals surface area contributed by atoms with Crippen LogP contribution in [0.15, 0.2) is 83.9 Å². The number of urea groups is 1. The quantitative estimate of drug-likeness (QED) is 0.182. The highest BCUT2D eigenvalue weighted by Crippen LogP contribution is 2.37. The molecule has 2 amide bonds. The van der Waals surface area contributed by atoms with E-state index in [-0.39, 0.29) is 10.6 Å². The van der Waals surface area contributed by atoms with Crippen LogP contribution in [0, 0.1) is 10.1 Å². The molecule has 39 heavy (non-hydrogen) atoms. The predicted octanol–water partition coefficient (Wildman–Crippen LogP) is 5.78. The summed E-state index contributed by atoms with van der Waals surface area (Å²) >= 11 is 1.25. The Morgan fingerprint density at radius 3 is 2.36 bits per heavy atom. The Bertz CT molecular complexity index is 1600. The number of non-ortho nitro benzene ring substituents is 1. The van der Waals surface area contributed by atoms with Gasteiger partial charge in [0.2, 0.25) is 10.0 Å². The molecule has 1 aromatic heterocycles. The Morgan fingerprint density at radius 2 is 1.72 bits per heavy atom. The summed E-state index contributed by atoms with van der Waals surface area (Å²) in [6.07, 6.45) is 1.56. The summed E-state index contributed by atoms with van der Waals surface area (Å²) < 4.78 is 29.6. The number of aromatic nitrogens is 1. The minimum atomic E-state index is -4.00. The number of benzene rings is 3. The molecule has 3 N–H and O–H groups in total. The lowest BCUT2D eigenvalue weighted by Crippen LogP contribution is -2.40. The van der Waals surface area contributed by atoms with Gasteiger partial charge in [-0.25, -0.2) is 22.9 Å². The van der Waals surface area contributed by atoms with Crippen molar-refractivity contribution in [3.8, 4) is 21.0 Å². The fraction of sp³-hybridized carbons (Fsp3) is 0.185. The van der Waals surface area contributed by atoms with Gasteiger partial charge in [0.05, 0.1) is 14.7 Å². The van der Waals surface area contributed by atoms with E-state index in [1.165, 1.54) is 29.5 Å². The topological polar surface area (TPSA) is 143 Å². The molecule has 0 unspecified atom stereocenters. The van der Waals surface area contributed by atoms with Gasteiger partial charge in [0, 0.05) is 47.2 Å². The fourth-order valence-electron chi connectivity index (χ4n) is 3.70. The molecule has 0 radical (unpaired) electrons. The summed E-state index contributed by atoms with van der Waals surface area (Å²) in [5.41, 5.74) is 1.53. The van der Waals surface area contributed by atoms with Crippen LogP contribution in [0.2, 0.25) is 0 Å². The van der Waals surface area contributed by atoms with E-state index in [9.17, 15) is 23.3 Å². The van der Waals surface area contributed by atoms with E-state index < -0.39 is 26.5 Å². The molecule has 0 fully saturated rings. The lowest BCUT2D eigenvalue weighted by atomic mass is 10.1. The molecular weight excluding hydrogens is 538 g/mol. The summed E-state index contributed by atoms with van der Waals surface area (Å²) in [7, 11) is -4.00. The minimum Gasteiger partial charge on any atom is -0.334 e. The van der Waals surface area contributed by atoms with Crippen molar-refractivity contribution in [1.82, 2.24) is 15.0 Å². The van der Waals surface area contributed by atoms with Gasteiger partial charge in [-0.3, -0.25) is 10.1 Å². The van der Waals surface area contributed by atoms with E-state index in [0.29, 0.717) is 33.2 Å². The van der Waals surface area contributed by atoms with Crippen molar-refractivity contribution in [2.24, 2.45) is 0 Å². The first-order valence-electron chi connectivity index (χ1n) is 11.9. The number of sulfonamides is 1. The average Bonchev–Trinajstić information content (AvgIpc) is 3.37. The first kappa shape index (κ1) is 27.9. The van der Waals surface area contributed by atoms with E-state index in [1.807, 2.05) is 30.3 Å². The molecule has 0 aliphatic carbocycles. The van der Waals surface area contributed by atoms with Crippen molar-refractivity contribution in [2.45, 2.75) is 37.8 Å². The summed E-state index contributed by atoms with van der Waals surface area (Å²) in [5, 5.41) is 17.0. The predicted molar refractivity (Wildman–Crippen MR) is 152 cm³/mol. The highest BCUT2D eigenvalue weighted by Gasteiger charge is 2.26. The van der Waals surface area contributed by atoms with Crippen molar-refractivity contribution in [2.75, 3.05) is 5.32 Å². The van der Waals surface area contributed by atoms with E-state index in [1.54, 1.807) is 51.2 Å². The van der Waals surface area contributed by atoms with Crippen molar-refractivity contribution >= 4 is 38.8 Å². The van der Waals surface area contributed by atoms with Gasteiger partial charge in [0.15, 0.2) is 0 Å². The van der Waals surface area contributed by atoms with Gasteiger partial charge >= 0.3 is 6.03 Å². The van der Waals surface area contributed by atoms with E-state index >= 15 is 0 Å². The molecular formula is C27H27N5O5S2. The number of thiazole rings is 1. The van der Waals surface area contributed by atoms with E-state index in [0.717, 1.165) is 5.56 Å². The van der Waals surface area contributed by atoms with Crippen LogP contribution in [-0.2, 0) is 16.6 Å². The number of nitrogens with one attached hydrogen (secondary N) is 3. The third-order valence-electron chi connectivity index (χ3n) is 5.36. The number of carbonyl (C=O) groups is 1. The second kappa shape index (κ2) is 11.3. The number of anilines is 1. The number of hydrogen-bond donors (Lipinski definition) is 3. The molecule has 0 bridgehead atoms. The Hall–Kier alpha value is -4.13. The molecule has 0 saturated heterocycles. The summed E-state index contributed by atoms with van der Waals surface area (Å²) in [6, 6.07) is 19.6. The zero-order chi connectivity index (χ0) is 28.2. The van der Waals surface area contributed by atoms with Gasteiger partial charge in [0.25, 0.3) is 5.69 Å². The maximum absolute atomic E-state index is 13.4. The smallest absolute Gasteiger partial charge is 0.319 e. The van der Waals surface area contributed by atoms with E-state index in [2.05, 4.69) is 20.3 Å². The monoisotopic (exact) mass is 565 g/mol. The second-order valence-corrected chi connectivity index (χ2v) is 12.4. The molecule has 1 heterocycles. The third-order valence-corrected chi connectivity index (χ3v) is 8.24. The maximum atomic E-state index is 13.4. The SMILES string of the molecule is CC(C)(C)NS(=O)(=O)c1cc(NC(=O)NCc2ccccc2)ccc1-c1cnc(-c2ccc([N+](=O)[O-])cc2)s1. The molecule has 0 atom stereocenters. The number of amides is 2. The van der Waals surface area contributed by atoms with Crippen molar-refractivity contribution in [3.05, 3.63) is 94.7 Å². The lowest BCUT2D eigenvalue weighted by Gasteiger charge is -2.22. The summed E-state index contributed by atoms with van der Waals surface area (Å²) in [6.45, 7) is 5.53. The van der Waals surface area contributed by atoms with Crippen LogP contribution in [0.3, 0.4) is 0 Å². The van der Waals surface area contributed by atoms with Crippen molar-refractivity contribution in [1.29, 1.82) is 0 Å². The van der Waals surface area contributed by atoms with Gasteiger partial charge < -0.3 is 10.6 Å². The highest BCUT2D eigenvalue weighted by molar-refractivity contribution is 7.89. The van der Waals surface area contributed by atoms with Crippen LogP contribution in [0.5, 0.6) is 0 Å². The lowest BCUT2D eigenvalue weighted by molar-refractivity contribution is -0.384. The number of nitro groups is 1. The molecule has 4 aromatic rings. The molecule has 12 heteroatoms. The average molecular weight is 566 g/mol. The molecule has 3 aromatic carbocycles. The first-order valence-corrected chi connectivity index (χ1v) is 14.2. The zero-order valence-corrected chi connectivity index (χ0v) is 23.1. The van der Waals surface area contributed by atoms with Gasteiger partial charge in [-0.05, 0) is 50.6 Å². The largest absolute Gasteiger partial charge is 0.334 e. The van der Waals surface area contributed by atoms with Crippen LogP contribution >= 0.6 is 11.3 Å². The van der Waals surface area contributed by atoms with Crippen LogP contribution in [0.1, 0.15) is 26.3 Å². The number of nitrogens with zero attached hydrogens (tertiary/aromatic N) is 2. The molecule has 0 spiro atoms. The van der Waals surface area contributed by atoms with Crippen molar-refractivity contribution < 1.29 is 18.1 Å². The first-order chi connectivity index (χ1) is 18.4. The highest BCUT2D eigenvalue weighted by atomic mass is 32.2. The van der Waals surface area contributed by atoms with Crippen LogP contribution in [-0.4, -0.2) is 29.9 Å². The van der Waals surface area contributed by atoms with Gasteiger partial charge in [-0.15, -0.1) is 11.3 Å². The second-order valence-electron chi connectivity index (χ2n) is 9.69. The number of hydrogen-bond acceptors (Lipinski definition) is 7. The summed E-state index contributed by atoms with van der Waals surface area (Å²) in [5.74, 6) is 0. The molecule has 10 nitrogen and oxygen atoms in total. The molecule has 0 aliphatic rings. The molecule has 4 rings (SSSR count). The van der Waals surface area contributed by atoms with Crippen LogP contribution in [0.25, 0.3) is 21.0 Å². The number of carbonyl (C=O) groups excluding carboxylic acids is 1. The molecule has 0 aliphatic heterocycles. The number of rotatable bonds is 8. The minimum absolute atomic E-state index is 0.0165.